The van der Waals surface area contributed by atoms with Crippen molar-refractivity contribution in [1.82, 2.24) is 66.9 Å². The van der Waals surface area contributed by atoms with Crippen molar-refractivity contribution < 1.29 is 99.6 Å². The normalized spacial score (nSPS) is 32.4. The Hall–Kier alpha value is -11.3. The molecule has 7 aromatic heterocycles. The van der Waals surface area contributed by atoms with E-state index in [1.165, 1.54) is 0 Å². The van der Waals surface area contributed by atoms with Gasteiger partial charge in [-0.05, 0) is 28.5 Å². The van der Waals surface area contributed by atoms with Crippen molar-refractivity contribution in [2.45, 2.75) is 180 Å². The van der Waals surface area contributed by atoms with E-state index in [0.717, 1.165) is 113 Å². The molecule has 0 spiro atoms. The number of halogens is 10. The molecule has 706 valence electrons. The summed E-state index contributed by atoms with van der Waals surface area (Å²) < 4.78 is 141. The highest BCUT2D eigenvalue weighted by Gasteiger charge is 2.59. The van der Waals surface area contributed by atoms with Crippen LogP contribution < -0.4 is 78.7 Å². The van der Waals surface area contributed by atoms with Crippen LogP contribution in [-0.2, 0) is 33.2 Å². The average molecular weight is 2190 g/mol. The van der Waals surface area contributed by atoms with E-state index < -0.39 is 256 Å². The molecule has 0 aromatic carbocycles. The maximum atomic E-state index is 14.4. The molecule has 0 unspecified atom stereocenters. The van der Waals surface area contributed by atoms with Gasteiger partial charge in [-0.3, -0.25) is 100 Å². The van der Waals surface area contributed by atoms with E-state index in [1.54, 1.807) is 43.4 Å². The van der Waals surface area contributed by atoms with Crippen LogP contribution in [0.25, 0.3) is 41.8 Å². The van der Waals surface area contributed by atoms with Gasteiger partial charge in [-0.15, -0.1) is 0 Å². The van der Waals surface area contributed by atoms with Gasteiger partial charge in [-0.1, -0.05) is 116 Å². The molecule has 7 aromatic rings. The number of aromatic amines is 7. The number of hydrogen-bond donors (Lipinski definition) is 14. The molecule has 64 heteroatoms. The lowest BCUT2D eigenvalue weighted by atomic mass is 9.94. The van der Waals surface area contributed by atoms with E-state index in [2.05, 4.69) is 46.7 Å². The second-order valence-electron chi connectivity index (χ2n) is 28.0. The number of ether oxygens (including phenoxy) is 7. The minimum atomic E-state index is -2.23. The van der Waals surface area contributed by atoms with Gasteiger partial charge in [0.1, 0.15) is 42.4 Å². The molecule has 14 rings (SSSR count). The maximum absolute atomic E-state index is 14.4. The number of hydrogen-bond acceptors (Lipinski definition) is 32. The standard InChI is InChI=1S/C11H14FN5O3.C10H11FIN5O3.C9H9FIN5O4.C9H10FIN2O4.C9H10FN5O5.C9H11FN2O5.C9H9FN2O4/c1-3-11(15-16-13)6(2)8(12)9(20-11)17-5-4-7(18)14-10(17)19;1-5-7(11)8(20-10(5,4-12)15-16-13)17-3-2-6(18)14-9(17)19;10-5-6(18)9(3-11,14-15-12)20-7(5)16-2-1-4(17)13-8(16)19;10-6-7(15)4(3-11)17-8(6)13-2-1-5(14)12-9(13)16;10-5-6(18)9(3-16,13-14-11)20-7(5)15-2-1-4(17)12-8(15)19;10-6-7(15)4(3-13)17-8(6)12-2-1-5(14)11-9(12)16;1-4-7(14)6(10)8(16-4)12-3-2-5(13)11-9(12)15/h4-6,8-9H,3H2,1-2H3,(H,14,18,19);2-3,5,7-8H,4H2,1H3,(H,14,18,19);1-2,5-7,18H,3H2,(H,13,17,19);1-2,4,6-8,15H,3H2,(H,12,14,16);1-2,5-7,16,18H,3H2,(H,12,17,19);1-2,4,6-8,13,15H,3H2,(H,11,14,16);2-3,6-8,14H,1H2,(H,11,13,15)/t6-,8-,9+,11+;5-,7-,8+,10+;5-,6-,7+,9+;4-,6+,7-,8-;5-,6-,7+,9+;4-,6+,7-,8-;6-,7+,8+/m0001010/s1. The first-order valence-corrected chi connectivity index (χ1v) is 41.6. The van der Waals surface area contributed by atoms with Crippen molar-refractivity contribution in [3.05, 3.63) is 286 Å². The van der Waals surface area contributed by atoms with Gasteiger partial charge in [0.25, 0.3) is 38.9 Å². The van der Waals surface area contributed by atoms with Gasteiger partial charge in [-0.25, -0.2) is 64.3 Å². The highest BCUT2D eigenvalue weighted by molar-refractivity contribution is 14.1. The van der Waals surface area contributed by atoms with Gasteiger partial charge in [0, 0.05) is 131 Å². The molecule has 7 aliphatic heterocycles. The largest absolute Gasteiger partial charge is 0.469 e. The first-order chi connectivity index (χ1) is 61.4. The van der Waals surface area contributed by atoms with Gasteiger partial charge < -0.3 is 68.9 Å². The molecule has 0 amide bonds. The summed E-state index contributed by atoms with van der Waals surface area (Å²) >= 11 is 5.67. The van der Waals surface area contributed by atoms with Crippen molar-refractivity contribution >= 4 is 67.8 Å². The van der Waals surface area contributed by atoms with Crippen LogP contribution in [0.1, 0.15) is 70.8 Å². The number of rotatable bonds is 17. The van der Waals surface area contributed by atoms with E-state index >= 15 is 0 Å². The van der Waals surface area contributed by atoms with Gasteiger partial charge in [0.2, 0.25) is 12.0 Å². The summed E-state index contributed by atoms with van der Waals surface area (Å²) in [4.78, 5) is 181. The lowest BCUT2D eigenvalue weighted by Gasteiger charge is -2.25. The number of nitrogens with one attached hydrogen (secondary N) is 7. The zero-order valence-corrected chi connectivity index (χ0v) is 72.8. The summed E-state index contributed by atoms with van der Waals surface area (Å²) in [6, 6.07) is 7.36. The molecular weight excluding hydrogens is 2120 g/mol. The Morgan fingerprint density at radius 1 is 0.392 bits per heavy atom. The third-order valence-corrected chi connectivity index (χ3v) is 23.3. The molecule has 27 atom stereocenters. The van der Waals surface area contributed by atoms with Crippen LogP contribution in [-0.4, -0.2) is 238 Å². The molecule has 14 heterocycles. The Morgan fingerprint density at radius 2 is 0.654 bits per heavy atom. The van der Waals surface area contributed by atoms with Crippen LogP contribution in [0.2, 0.25) is 0 Å². The maximum Gasteiger partial charge on any atom is 0.331 e. The van der Waals surface area contributed by atoms with E-state index in [-0.39, 0.29) is 21.0 Å². The quantitative estimate of drug-likeness (QED) is 0.0128. The Kier molecular flexibility index (Phi) is 35.7. The third-order valence-electron chi connectivity index (χ3n) is 20.2. The predicted molar refractivity (Wildman–Crippen MR) is 448 cm³/mol. The van der Waals surface area contributed by atoms with Crippen molar-refractivity contribution in [2.24, 2.45) is 32.3 Å². The minimum Gasteiger partial charge on any atom is -0.469 e. The average Bonchev–Trinajstić information content (AvgIpc) is 1.62. The number of H-pyrrole nitrogens is 7. The summed E-state index contributed by atoms with van der Waals surface area (Å²) in [7, 11) is 0. The van der Waals surface area contributed by atoms with Crippen LogP contribution >= 0.6 is 67.8 Å². The van der Waals surface area contributed by atoms with E-state index in [1.807, 2.05) is 80.1 Å². The Bertz CT molecular complexity index is 5780. The lowest BCUT2D eigenvalue weighted by Crippen LogP contribution is -2.43. The van der Waals surface area contributed by atoms with Crippen LogP contribution in [0.4, 0.5) is 30.7 Å². The summed E-state index contributed by atoms with van der Waals surface area (Å²) in [6.07, 6.45) is -23.8. The molecule has 54 nitrogen and oxygen atoms in total. The molecule has 0 bridgehead atoms. The number of aliphatic hydroxyl groups is 7. The fraction of sp³-hybridized carbons (Fsp3) is 0.545. The number of nitrogens with zero attached hydrogens (tertiary/aromatic N) is 19. The highest BCUT2D eigenvalue weighted by Crippen LogP contribution is 2.48. The molecular formula is C66H74F7I3N26O28. The first-order valence-electron chi connectivity index (χ1n) is 37.0. The Balaban J connectivity index is 0.000000187. The van der Waals surface area contributed by atoms with Crippen molar-refractivity contribution in [1.29, 1.82) is 0 Å². The zero-order chi connectivity index (χ0) is 96.7. The third kappa shape index (κ3) is 22.5. The Labute approximate surface area is 754 Å². The smallest absolute Gasteiger partial charge is 0.331 e. The van der Waals surface area contributed by atoms with Crippen LogP contribution in [0.5, 0.6) is 0 Å². The predicted octanol–water partition coefficient (Wildman–Crippen LogP) is -1.12. The molecule has 0 aliphatic carbocycles. The van der Waals surface area contributed by atoms with Crippen molar-refractivity contribution in [2.75, 3.05) is 26.5 Å². The lowest BCUT2D eigenvalue weighted by molar-refractivity contribution is -0.124. The number of aromatic nitrogens is 14. The van der Waals surface area contributed by atoms with E-state index in [4.69, 9.17) is 65.5 Å². The van der Waals surface area contributed by atoms with Crippen LogP contribution in [0.3, 0.4) is 0 Å². The van der Waals surface area contributed by atoms with E-state index in [9.17, 15) is 123 Å². The van der Waals surface area contributed by atoms with E-state index in [0.29, 0.717) is 8.99 Å². The van der Waals surface area contributed by atoms with Crippen LogP contribution in [0.15, 0.2) is 186 Å². The summed E-state index contributed by atoms with van der Waals surface area (Å²) in [6.45, 7) is 6.58. The Morgan fingerprint density at radius 3 is 0.931 bits per heavy atom. The molecule has 7 fully saturated rings. The molecule has 7 aliphatic rings. The summed E-state index contributed by atoms with van der Waals surface area (Å²) in [5, 5.41) is 79.2. The topological polar surface area (TPSA) is 785 Å². The fourth-order valence-corrected chi connectivity index (χ4v) is 15.6. The second kappa shape index (κ2) is 44.6. The number of aliphatic hydroxyl groups excluding tert-OH is 7. The monoisotopic (exact) mass is 2190 g/mol. The van der Waals surface area contributed by atoms with Gasteiger partial charge in [0.05, 0.1) is 19.3 Å². The highest BCUT2D eigenvalue weighted by atomic mass is 127. The molecule has 0 radical (unpaired) electrons. The molecule has 7 saturated heterocycles. The number of azide groups is 4. The fourth-order valence-electron chi connectivity index (χ4n) is 13.1. The minimum absolute atomic E-state index is 0.00892. The van der Waals surface area contributed by atoms with Crippen LogP contribution in [0, 0.1) is 11.8 Å². The molecule has 14 N–H and O–H groups in total. The number of alkyl halides is 10. The SMILES string of the molecule is C=C1O[C@@H](n2ccc(=O)[nH]c2=O)[C@@H](F)[C@@H]1O.CC[C@@]1(N=[N+]=[N-])O[C@@H](n2ccc(=O)[nH]c2=O)[C@@H](F)[C@@H]1C.C[C@H]1[C@H](F)[C@H](n2ccc(=O)[nH]c2=O)O[C@@]1(CI)N=[N+]=[N-].O=c1ccn([C@@H]2O[C@H](CI)[C@@H](O)[C@@H]2F)c(=O)[nH]1.O=c1ccn([C@@H]2O[C@H](CO)[C@@H](O)[C@@H]2F)c(=O)[nH]1.[N-]=[N+]=N[C@]1(CI)O[C@@H](n2ccc(=O)[nH]c2=O)[C@@H](F)[C@@H]1O.[N-]=[N+]=N[C@]1(CO)O[C@@H](n2ccc(=O)[nH]c2=O)[C@@H](F)[C@@H]1O. The van der Waals surface area contributed by atoms with Crippen molar-refractivity contribution in [3.63, 3.8) is 0 Å². The molecule has 0 saturated carbocycles. The first kappa shape index (κ1) is 104. The summed E-state index contributed by atoms with van der Waals surface area (Å²) in [5.41, 5.74) is 17.3. The molecule has 130 heavy (non-hydrogen) atoms. The van der Waals surface area contributed by atoms with Gasteiger partial charge >= 0.3 is 39.8 Å². The van der Waals surface area contributed by atoms with Crippen molar-refractivity contribution in [3.8, 4) is 0 Å². The second-order valence-corrected chi connectivity index (χ2v) is 30.4. The van der Waals surface area contributed by atoms with Gasteiger partial charge in [0.15, 0.2) is 97.7 Å². The van der Waals surface area contributed by atoms with Gasteiger partial charge in [-0.2, -0.15) is 0 Å². The summed E-state index contributed by atoms with van der Waals surface area (Å²) in [5.74, 6) is -1.58. The zero-order valence-electron chi connectivity index (χ0n) is 66.3.